The van der Waals surface area contributed by atoms with E-state index in [0.717, 1.165) is 0 Å². The molecule has 0 unspecified atom stereocenters. The molecule has 1 N–H and O–H groups in total. The summed E-state index contributed by atoms with van der Waals surface area (Å²) in [4.78, 5) is 12.3. The van der Waals surface area contributed by atoms with Gasteiger partial charge in [-0.15, -0.1) is 0 Å². The highest BCUT2D eigenvalue weighted by molar-refractivity contribution is 6.04. The highest BCUT2D eigenvalue weighted by atomic mass is 19.1. The monoisotopic (exact) mass is 319 g/mol. The molecule has 0 aliphatic rings. The second-order valence-corrected chi connectivity index (χ2v) is 4.83. The van der Waals surface area contributed by atoms with Crippen molar-refractivity contribution in [1.29, 1.82) is 0 Å². The van der Waals surface area contributed by atoms with Crippen LogP contribution in [0.1, 0.15) is 15.9 Å². The summed E-state index contributed by atoms with van der Waals surface area (Å²) in [6.07, 6.45) is 0. The van der Waals surface area contributed by atoms with Gasteiger partial charge < -0.3 is 19.5 Å². The minimum atomic E-state index is -0.359. The van der Waals surface area contributed by atoms with E-state index in [9.17, 15) is 9.18 Å². The molecule has 0 heterocycles. The fraction of sp³-hybridized carbons (Fsp3) is 0.235. The van der Waals surface area contributed by atoms with E-state index in [1.165, 1.54) is 39.5 Å². The lowest BCUT2D eigenvalue weighted by Crippen LogP contribution is -2.12. The lowest BCUT2D eigenvalue weighted by atomic mass is 10.1. The van der Waals surface area contributed by atoms with Crippen LogP contribution in [0.2, 0.25) is 0 Å². The maximum Gasteiger partial charge on any atom is 0.255 e. The minimum absolute atomic E-state index is 0.352. The zero-order valence-electron chi connectivity index (χ0n) is 13.4. The summed E-state index contributed by atoms with van der Waals surface area (Å²) in [5.74, 6) is 0.581. The normalized spacial score (nSPS) is 10.1. The topological polar surface area (TPSA) is 56.8 Å². The molecule has 2 rings (SSSR count). The van der Waals surface area contributed by atoms with Crippen LogP contribution in [-0.2, 0) is 0 Å². The first-order valence-electron chi connectivity index (χ1n) is 6.87. The highest BCUT2D eigenvalue weighted by Gasteiger charge is 2.15. The van der Waals surface area contributed by atoms with E-state index >= 15 is 0 Å². The van der Waals surface area contributed by atoms with Crippen LogP contribution >= 0.6 is 0 Å². The van der Waals surface area contributed by atoms with E-state index in [1.54, 1.807) is 19.1 Å². The van der Waals surface area contributed by atoms with Crippen molar-refractivity contribution < 1.29 is 23.4 Å². The number of nitrogens with one attached hydrogen (secondary N) is 1. The van der Waals surface area contributed by atoms with Crippen LogP contribution in [0, 0.1) is 12.7 Å². The van der Waals surface area contributed by atoms with Crippen LogP contribution < -0.4 is 19.5 Å². The van der Waals surface area contributed by atoms with Crippen LogP contribution in [0.5, 0.6) is 17.2 Å². The van der Waals surface area contributed by atoms with Crippen molar-refractivity contribution in [3.8, 4) is 17.2 Å². The average molecular weight is 319 g/mol. The molecule has 6 heteroatoms. The number of amides is 1. The maximum absolute atomic E-state index is 13.3. The Kier molecular flexibility index (Phi) is 5.05. The van der Waals surface area contributed by atoms with Gasteiger partial charge in [0, 0.05) is 23.4 Å². The molecule has 0 saturated heterocycles. The summed E-state index contributed by atoms with van der Waals surface area (Å²) >= 11 is 0. The maximum atomic E-state index is 13.3. The van der Waals surface area contributed by atoms with Crippen LogP contribution in [-0.4, -0.2) is 27.2 Å². The van der Waals surface area contributed by atoms with Crippen molar-refractivity contribution in [2.75, 3.05) is 26.6 Å². The van der Waals surface area contributed by atoms with E-state index in [2.05, 4.69) is 5.32 Å². The second-order valence-electron chi connectivity index (χ2n) is 4.83. The number of carbonyl (C=O) groups excluding carboxylic acids is 1. The molecule has 0 radical (unpaired) electrons. The standard InChI is InChI=1S/C17H18FNO4/c1-10-7-11(5-6-13(10)18)17(20)19-12-8-14(21-2)16(23-4)15(9-12)22-3/h5-9H,1-4H3,(H,19,20). The zero-order chi connectivity index (χ0) is 17.0. The zero-order valence-corrected chi connectivity index (χ0v) is 13.4. The van der Waals surface area contributed by atoms with Crippen molar-refractivity contribution >= 4 is 11.6 Å². The fourth-order valence-electron chi connectivity index (χ4n) is 2.14. The summed E-state index contributed by atoms with van der Waals surface area (Å²) in [5, 5.41) is 2.73. The Balaban J connectivity index is 2.31. The first-order chi connectivity index (χ1) is 11.0. The smallest absolute Gasteiger partial charge is 0.255 e. The number of carbonyl (C=O) groups is 1. The largest absolute Gasteiger partial charge is 0.493 e. The number of hydrogen-bond donors (Lipinski definition) is 1. The first-order valence-corrected chi connectivity index (χ1v) is 6.87. The molecule has 0 aliphatic heterocycles. The van der Waals surface area contributed by atoms with Crippen molar-refractivity contribution in [3.63, 3.8) is 0 Å². The van der Waals surface area contributed by atoms with Gasteiger partial charge in [-0.05, 0) is 30.7 Å². The molecule has 0 aliphatic carbocycles. The summed E-state index contributed by atoms with van der Waals surface area (Å²) in [6, 6.07) is 7.42. The van der Waals surface area contributed by atoms with Crippen molar-refractivity contribution in [2.24, 2.45) is 0 Å². The fourth-order valence-corrected chi connectivity index (χ4v) is 2.14. The number of ether oxygens (including phenoxy) is 3. The van der Waals surface area contributed by atoms with Gasteiger partial charge in [0.2, 0.25) is 5.75 Å². The molecular formula is C17H18FNO4. The molecule has 5 nitrogen and oxygen atoms in total. The lowest BCUT2D eigenvalue weighted by Gasteiger charge is -2.14. The van der Waals surface area contributed by atoms with Crippen molar-refractivity contribution in [2.45, 2.75) is 6.92 Å². The number of anilines is 1. The Labute approximate surface area is 134 Å². The van der Waals surface area contributed by atoms with Crippen LogP contribution in [0.15, 0.2) is 30.3 Å². The van der Waals surface area contributed by atoms with Crippen molar-refractivity contribution in [3.05, 3.63) is 47.3 Å². The lowest BCUT2D eigenvalue weighted by molar-refractivity contribution is 0.102. The molecule has 2 aromatic rings. The summed E-state index contributed by atoms with van der Waals surface area (Å²) in [6.45, 7) is 1.60. The molecule has 2 aromatic carbocycles. The quantitative estimate of drug-likeness (QED) is 0.917. The molecule has 0 fully saturated rings. The third-order valence-corrected chi connectivity index (χ3v) is 3.34. The van der Waals surface area contributed by atoms with Gasteiger partial charge in [-0.2, -0.15) is 0 Å². The third-order valence-electron chi connectivity index (χ3n) is 3.34. The molecule has 122 valence electrons. The summed E-state index contributed by atoms with van der Waals surface area (Å²) < 4.78 is 29.0. The van der Waals surface area contributed by atoms with E-state index in [1.807, 2.05) is 0 Å². The second kappa shape index (κ2) is 7.00. The SMILES string of the molecule is COc1cc(NC(=O)c2ccc(F)c(C)c2)cc(OC)c1OC. The van der Waals surface area contributed by atoms with Gasteiger partial charge in [-0.3, -0.25) is 4.79 Å². The van der Waals surface area contributed by atoms with E-state index < -0.39 is 0 Å². The Morgan fingerprint density at radius 2 is 1.61 bits per heavy atom. The molecule has 0 atom stereocenters. The van der Waals surface area contributed by atoms with E-state index in [0.29, 0.717) is 34.1 Å². The van der Waals surface area contributed by atoms with Gasteiger partial charge in [0.1, 0.15) is 5.82 Å². The Hall–Kier alpha value is -2.76. The number of rotatable bonds is 5. The van der Waals surface area contributed by atoms with Crippen LogP contribution in [0.25, 0.3) is 0 Å². The molecule has 0 aromatic heterocycles. The third kappa shape index (κ3) is 3.53. The Bertz CT molecular complexity index is 706. The molecule has 0 saturated carbocycles. The average Bonchev–Trinajstić information content (AvgIpc) is 2.56. The van der Waals surface area contributed by atoms with Gasteiger partial charge in [0.05, 0.1) is 21.3 Å². The number of hydrogen-bond acceptors (Lipinski definition) is 4. The molecule has 23 heavy (non-hydrogen) atoms. The number of halogens is 1. The van der Waals surface area contributed by atoms with Crippen molar-refractivity contribution in [1.82, 2.24) is 0 Å². The Morgan fingerprint density at radius 1 is 1.00 bits per heavy atom. The minimum Gasteiger partial charge on any atom is -0.493 e. The van der Waals surface area contributed by atoms with Crippen LogP contribution in [0.3, 0.4) is 0 Å². The molecule has 0 spiro atoms. The van der Waals surface area contributed by atoms with E-state index in [-0.39, 0.29) is 11.7 Å². The summed E-state index contributed by atoms with van der Waals surface area (Å²) in [5.41, 5.74) is 1.24. The van der Waals surface area contributed by atoms with Gasteiger partial charge in [-0.25, -0.2) is 4.39 Å². The number of benzene rings is 2. The number of methoxy groups -OCH3 is 3. The molecular weight excluding hydrogens is 301 g/mol. The van der Waals surface area contributed by atoms with Gasteiger partial charge >= 0.3 is 0 Å². The number of aryl methyl sites for hydroxylation is 1. The predicted octanol–water partition coefficient (Wildman–Crippen LogP) is 3.41. The summed E-state index contributed by atoms with van der Waals surface area (Å²) in [7, 11) is 4.48. The van der Waals surface area contributed by atoms with Gasteiger partial charge in [-0.1, -0.05) is 0 Å². The van der Waals surface area contributed by atoms with Gasteiger partial charge in [0.25, 0.3) is 5.91 Å². The predicted molar refractivity (Wildman–Crippen MR) is 85.2 cm³/mol. The first kappa shape index (κ1) is 16.6. The van der Waals surface area contributed by atoms with E-state index in [4.69, 9.17) is 14.2 Å². The molecule has 1 amide bonds. The Morgan fingerprint density at radius 3 is 2.09 bits per heavy atom. The highest BCUT2D eigenvalue weighted by Crippen LogP contribution is 2.40. The van der Waals surface area contributed by atoms with Gasteiger partial charge in [0.15, 0.2) is 11.5 Å². The van der Waals surface area contributed by atoms with Crippen LogP contribution in [0.4, 0.5) is 10.1 Å². The molecule has 0 bridgehead atoms.